The van der Waals surface area contributed by atoms with Crippen LogP contribution in [0.5, 0.6) is 0 Å². The predicted octanol–water partition coefficient (Wildman–Crippen LogP) is -1.27. The van der Waals surface area contributed by atoms with E-state index in [1.165, 1.54) is 13.8 Å². The Hall–Kier alpha value is 0.240. The van der Waals surface area contributed by atoms with Gasteiger partial charge in [-0.25, -0.2) is 4.57 Å². The zero-order chi connectivity index (χ0) is 14.3. The molecule has 0 aromatic heterocycles. The Labute approximate surface area is 104 Å². The lowest BCUT2D eigenvalue weighted by atomic mass is 10.1. The third kappa shape index (κ3) is 14.2. The third-order valence-corrected chi connectivity index (χ3v) is 2.16. The van der Waals surface area contributed by atoms with Gasteiger partial charge in [-0.15, -0.1) is 0 Å². The summed E-state index contributed by atoms with van der Waals surface area (Å²) < 4.78 is 14.1. The lowest BCUT2D eigenvalue weighted by Gasteiger charge is -2.20. The molecule has 0 rings (SSSR count). The molecule has 0 aromatic rings. The number of rotatable bonds is 5. The van der Waals surface area contributed by atoms with Gasteiger partial charge >= 0.3 is 7.82 Å². The number of aliphatic hydroxyl groups excluding tert-OH is 3. The van der Waals surface area contributed by atoms with E-state index in [0.717, 1.165) is 0 Å². The van der Waals surface area contributed by atoms with Crippen molar-refractivity contribution >= 4 is 19.4 Å². The first kappa shape index (κ1) is 19.6. The van der Waals surface area contributed by atoms with Crippen molar-refractivity contribution in [3.63, 3.8) is 0 Å². The van der Waals surface area contributed by atoms with Crippen molar-refractivity contribution in [2.45, 2.75) is 24.4 Å². The van der Waals surface area contributed by atoms with E-state index in [0.29, 0.717) is 0 Å². The van der Waals surface area contributed by atoms with Gasteiger partial charge in [0.1, 0.15) is 5.06 Å². The Morgan fingerprint density at radius 2 is 1.47 bits per heavy atom. The van der Waals surface area contributed by atoms with Gasteiger partial charge in [-0.2, -0.15) is 0 Å². The summed E-state index contributed by atoms with van der Waals surface area (Å²) in [5.41, 5.74) is 3.94. The molecule has 106 valence electrons. The van der Waals surface area contributed by atoms with E-state index < -0.39 is 38.2 Å². The monoisotopic (exact) mass is 295 g/mol. The fourth-order valence-electron chi connectivity index (χ4n) is 0.433. The Bertz CT molecular complexity index is 239. The minimum atomic E-state index is -4.42. The van der Waals surface area contributed by atoms with E-state index in [2.05, 4.69) is 4.52 Å². The van der Waals surface area contributed by atoms with Crippen LogP contribution in [0.2, 0.25) is 0 Å². The van der Waals surface area contributed by atoms with Gasteiger partial charge in [0.25, 0.3) is 0 Å². The largest absolute Gasteiger partial charge is 0.471 e. The van der Waals surface area contributed by atoms with E-state index in [9.17, 15) is 4.57 Å². The van der Waals surface area contributed by atoms with E-state index in [1.54, 1.807) is 0 Å². The standard InChI is InChI=1S/C4H11NO3.C3H8ClO4P/c5-4(1-6,2-7)3-8;1-3(2,4)8-9(5,6)7/h6-8H,1-3,5H2;1-2H3,(H2,5,6,7). The van der Waals surface area contributed by atoms with Crippen molar-refractivity contribution in [3.05, 3.63) is 0 Å². The number of hydrogen-bond acceptors (Lipinski definition) is 6. The number of hydrogen-bond donors (Lipinski definition) is 6. The number of phosphoric acid groups is 1. The maximum absolute atomic E-state index is 10.0. The molecular weight excluding hydrogens is 277 g/mol. The highest BCUT2D eigenvalue weighted by Gasteiger charge is 2.26. The zero-order valence-electron chi connectivity index (χ0n) is 9.58. The van der Waals surface area contributed by atoms with E-state index in [1.807, 2.05) is 0 Å². The molecule has 0 unspecified atom stereocenters. The molecular formula is C7H19ClNO7P. The molecule has 0 aromatic carbocycles. The Balaban J connectivity index is 0. The van der Waals surface area contributed by atoms with E-state index in [-0.39, 0.29) is 0 Å². The highest BCUT2D eigenvalue weighted by atomic mass is 35.5. The molecule has 0 atom stereocenters. The van der Waals surface area contributed by atoms with Crippen LogP contribution in [0.4, 0.5) is 0 Å². The molecule has 8 nitrogen and oxygen atoms in total. The van der Waals surface area contributed by atoms with Gasteiger partial charge in [0.2, 0.25) is 0 Å². The van der Waals surface area contributed by atoms with Gasteiger partial charge in [0, 0.05) is 0 Å². The summed E-state index contributed by atoms with van der Waals surface area (Å²) in [6.45, 7) is 1.47. The van der Waals surface area contributed by atoms with Crippen molar-refractivity contribution in [3.8, 4) is 0 Å². The number of nitrogens with two attached hydrogens (primary N) is 1. The first-order valence-corrected chi connectivity index (χ1v) is 6.36. The summed E-state index contributed by atoms with van der Waals surface area (Å²) in [5, 5.41) is 23.7. The summed E-state index contributed by atoms with van der Waals surface area (Å²) in [6, 6.07) is 0. The molecule has 0 aliphatic heterocycles. The maximum Gasteiger partial charge on any atom is 0.471 e. The van der Waals surface area contributed by atoms with Gasteiger partial charge in [-0.05, 0) is 13.8 Å². The van der Waals surface area contributed by atoms with Crippen LogP contribution in [0.3, 0.4) is 0 Å². The molecule has 0 amide bonds. The molecule has 0 aliphatic rings. The van der Waals surface area contributed by atoms with Gasteiger partial charge in [-0.1, -0.05) is 11.6 Å². The summed E-state index contributed by atoms with van der Waals surface area (Å²) in [4.78, 5) is 16.3. The van der Waals surface area contributed by atoms with E-state index >= 15 is 0 Å². The van der Waals surface area contributed by atoms with Crippen molar-refractivity contribution in [2.75, 3.05) is 19.8 Å². The normalized spacial score (nSPS) is 13.0. The molecule has 0 spiro atoms. The molecule has 0 saturated carbocycles. The quantitative estimate of drug-likeness (QED) is 0.271. The minimum absolute atomic E-state index is 0.403. The summed E-state index contributed by atoms with van der Waals surface area (Å²) in [6.07, 6.45) is 0. The lowest BCUT2D eigenvalue weighted by Crippen LogP contribution is -2.50. The van der Waals surface area contributed by atoms with Crippen LogP contribution in [0, 0.1) is 0 Å². The molecule has 7 N–H and O–H groups in total. The van der Waals surface area contributed by atoms with Crippen molar-refractivity contribution in [1.29, 1.82) is 0 Å². The first-order chi connectivity index (χ1) is 7.39. The molecule has 17 heavy (non-hydrogen) atoms. The van der Waals surface area contributed by atoms with E-state index in [4.69, 9.17) is 42.4 Å². The molecule has 0 bridgehead atoms. The maximum atomic E-state index is 10.0. The second-order valence-electron chi connectivity index (χ2n) is 3.78. The molecule has 0 heterocycles. The lowest BCUT2D eigenvalue weighted by molar-refractivity contribution is 0.0697. The van der Waals surface area contributed by atoms with Crippen molar-refractivity contribution < 1.29 is 34.2 Å². The van der Waals surface area contributed by atoms with Crippen molar-refractivity contribution in [2.24, 2.45) is 5.73 Å². The Morgan fingerprint density at radius 1 is 1.18 bits per heavy atom. The van der Waals surface area contributed by atoms with Crippen LogP contribution in [-0.4, -0.2) is 55.5 Å². The summed E-state index contributed by atoms with van der Waals surface area (Å²) >= 11 is 5.30. The van der Waals surface area contributed by atoms with Crippen LogP contribution in [-0.2, 0) is 9.09 Å². The number of phosphoric ester groups is 1. The van der Waals surface area contributed by atoms with Gasteiger partial charge < -0.3 is 30.8 Å². The van der Waals surface area contributed by atoms with Gasteiger partial charge in [0.15, 0.2) is 0 Å². The average molecular weight is 296 g/mol. The SMILES string of the molecule is CC(C)(Cl)OP(=O)(O)O.NC(CO)(CO)CO. The Morgan fingerprint density at radius 3 is 1.47 bits per heavy atom. The van der Waals surface area contributed by atoms with Crippen LogP contribution in [0.1, 0.15) is 13.8 Å². The first-order valence-electron chi connectivity index (χ1n) is 4.46. The van der Waals surface area contributed by atoms with Crippen LogP contribution in [0.15, 0.2) is 0 Å². The molecule has 0 fully saturated rings. The van der Waals surface area contributed by atoms with Crippen LogP contribution in [0.25, 0.3) is 0 Å². The second-order valence-corrected chi connectivity index (χ2v) is 5.86. The number of alkyl halides is 1. The van der Waals surface area contributed by atoms with Crippen LogP contribution < -0.4 is 5.73 Å². The molecule has 0 radical (unpaired) electrons. The van der Waals surface area contributed by atoms with Crippen LogP contribution >= 0.6 is 19.4 Å². The van der Waals surface area contributed by atoms with Gasteiger partial charge in [0.05, 0.1) is 25.4 Å². The number of halogens is 1. The summed E-state index contributed by atoms with van der Waals surface area (Å²) in [5.74, 6) is 0. The topological polar surface area (TPSA) is 153 Å². The smallest absolute Gasteiger partial charge is 0.394 e. The molecule has 0 aliphatic carbocycles. The average Bonchev–Trinajstić information content (AvgIpc) is 2.12. The zero-order valence-corrected chi connectivity index (χ0v) is 11.2. The fraction of sp³-hybridized carbons (Fsp3) is 1.00. The predicted molar refractivity (Wildman–Crippen MR) is 61.2 cm³/mol. The minimum Gasteiger partial charge on any atom is -0.394 e. The Kier molecular flexibility index (Phi) is 8.78. The molecule has 0 saturated heterocycles. The number of aliphatic hydroxyl groups is 3. The second kappa shape index (κ2) is 7.63. The molecule has 10 heteroatoms. The fourth-order valence-corrected chi connectivity index (χ4v) is 1.27. The highest BCUT2D eigenvalue weighted by molar-refractivity contribution is 7.46. The van der Waals surface area contributed by atoms with Crippen molar-refractivity contribution in [1.82, 2.24) is 0 Å². The third-order valence-electron chi connectivity index (χ3n) is 1.28. The summed E-state index contributed by atoms with van der Waals surface area (Å²) in [7, 11) is -4.42. The van der Waals surface area contributed by atoms with Gasteiger partial charge in [-0.3, -0.25) is 4.52 Å². The highest BCUT2D eigenvalue weighted by Crippen LogP contribution is 2.42.